The molecule has 0 aliphatic rings. The highest BCUT2D eigenvalue weighted by atomic mass is 16.6. The summed E-state index contributed by atoms with van der Waals surface area (Å²) in [5.41, 5.74) is 0.259. The predicted octanol–water partition coefficient (Wildman–Crippen LogP) is 3.19. The van der Waals surface area contributed by atoms with Crippen LogP contribution in [0.1, 0.15) is 47.5 Å². The van der Waals surface area contributed by atoms with E-state index in [0.717, 1.165) is 6.42 Å². The summed E-state index contributed by atoms with van der Waals surface area (Å²) in [5, 5.41) is 0. The zero-order valence-electron chi connectivity index (χ0n) is 11.2. The summed E-state index contributed by atoms with van der Waals surface area (Å²) >= 11 is 0. The van der Waals surface area contributed by atoms with E-state index < -0.39 is 0 Å². The van der Waals surface area contributed by atoms with Gasteiger partial charge in [-0.05, 0) is 24.7 Å². The standard InChI is InChI=1S/C13H25O3/c1-6-15-7-8-16-12(14)9-11(2)10-13(3,4)5/h8,11H,6-7,9-10H2,1-5H3. The van der Waals surface area contributed by atoms with Crippen LogP contribution < -0.4 is 0 Å². The summed E-state index contributed by atoms with van der Waals surface area (Å²) < 4.78 is 9.98. The minimum Gasteiger partial charge on any atom is -0.456 e. The van der Waals surface area contributed by atoms with E-state index in [9.17, 15) is 4.79 Å². The van der Waals surface area contributed by atoms with E-state index in [1.54, 1.807) is 0 Å². The summed E-state index contributed by atoms with van der Waals surface area (Å²) in [6, 6.07) is 0. The van der Waals surface area contributed by atoms with Gasteiger partial charge in [0.25, 0.3) is 0 Å². The van der Waals surface area contributed by atoms with Gasteiger partial charge in [0.1, 0.15) is 0 Å². The Kier molecular flexibility index (Phi) is 7.39. The second kappa shape index (κ2) is 7.66. The van der Waals surface area contributed by atoms with Crippen LogP contribution >= 0.6 is 0 Å². The second-order valence-corrected chi connectivity index (χ2v) is 5.39. The van der Waals surface area contributed by atoms with Crippen LogP contribution in [0, 0.1) is 17.9 Å². The highest BCUT2D eigenvalue weighted by Crippen LogP contribution is 2.26. The molecule has 0 heterocycles. The summed E-state index contributed by atoms with van der Waals surface area (Å²) in [4.78, 5) is 11.4. The molecule has 1 radical (unpaired) electrons. The van der Waals surface area contributed by atoms with Crippen LogP contribution in [0.5, 0.6) is 0 Å². The van der Waals surface area contributed by atoms with Gasteiger partial charge < -0.3 is 9.47 Å². The summed E-state index contributed by atoms with van der Waals surface area (Å²) in [6.45, 7) is 12.9. The van der Waals surface area contributed by atoms with E-state index in [0.29, 0.717) is 25.6 Å². The number of hydrogen-bond donors (Lipinski definition) is 0. The Hall–Kier alpha value is -0.570. The van der Waals surface area contributed by atoms with Gasteiger partial charge >= 0.3 is 5.97 Å². The lowest BCUT2D eigenvalue weighted by molar-refractivity contribution is -0.142. The van der Waals surface area contributed by atoms with Crippen LogP contribution in [0.4, 0.5) is 0 Å². The normalized spacial score (nSPS) is 13.6. The van der Waals surface area contributed by atoms with Gasteiger partial charge in [-0.2, -0.15) is 0 Å². The molecule has 0 aromatic rings. The third-order valence-electron chi connectivity index (χ3n) is 2.08. The molecule has 0 saturated heterocycles. The molecule has 0 aliphatic heterocycles. The van der Waals surface area contributed by atoms with E-state index in [-0.39, 0.29) is 11.4 Å². The third-order valence-corrected chi connectivity index (χ3v) is 2.08. The molecular formula is C13H25O3. The molecule has 0 N–H and O–H groups in total. The van der Waals surface area contributed by atoms with Crippen LogP contribution in [0.15, 0.2) is 0 Å². The molecule has 0 aromatic carbocycles. The molecule has 0 saturated carbocycles. The fraction of sp³-hybridized carbons (Fsp3) is 0.846. The third kappa shape index (κ3) is 9.97. The molecule has 1 atom stereocenters. The fourth-order valence-electron chi connectivity index (χ4n) is 1.74. The topological polar surface area (TPSA) is 35.5 Å². The van der Waals surface area contributed by atoms with Gasteiger partial charge in [0, 0.05) is 13.0 Å². The largest absolute Gasteiger partial charge is 0.456 e. The average Bonchev–Trinajstić information content (AvgIpc) is 2.09. The van der Waals surface area contributed by atoms with Crippen molar-refractivity contribution in [3.63, 3.8) is 0 Å². The Morgan fingerprint density at radius 2 is 2.00 bits per heavy atom. The van der Waals surface area contributed by atoms with E-state index in [2.05, 4.69) is 27.7 Å². The second-order valence-electron chi connectivity index (χ2n) is 5.39. The molecule has 95 valence electrons. The number of ether oxygens (including phenoxy) is 2. The van der Waals surface area contributed by atoms with E-state index >= 15 is 0 Å². The molecule has 3 nitrogen and oxygen atoms in total. The summed E-state index contributed by atoms with van der Waals surface area (Å²) in [5.74, 6) is 0.185. The highest BCUT2D eigenvalue weighted by Gasteiger charge is 2.18. The van der Waals surface area contributed by atoms with Crippen LogP contribution in [-0.4, -0.2) is 19.2 Å². The zero-order valence-corrected chi connectivity index (χ0v) is 11.2. The van der Waals surface area contributed by atoms with E-state index in [1.165, 1.54) is 6.61 Å². The van der Waals surface area contributed by atoms with Crippen LogP contribution in [0.25, 0.3) is 0 Å². The molecule has 0 aliphatic carbocycles. The van der Waals surface area contributed by atoms with Crippen LogP contribution in [0.2, 0.25) is 0 Å². The Morgan fingerprint density at radius 1 is 1.38 bits per heavy atom. The smallest absolute Gasteiger partial charge is 0.306 e. The molecule has 0 bridgehead atoms. The SMILES string of the molecule is CCOC[CH]OC(=O)CC(C)CC(C)(C)C. The molecule has 16 heavy (non-hydrogen) atoms. The lowest BCUT2D eigenvalue weighted by Crippen LogP contribution is -2.15. The minimum absolute atomic E-state index is 0.170. The van der Waals surface area contributed by atoms with Crippen molar-refractivity contribution in [2.24, 2.45) is 11.3 Å². The number of carbonyl (C=O) groups is 1. The number of hydrogen-bond acceptors (Lipinski definition) is 3. The van der Waals surface area contributed by atoms with Crippen molar-refractivity contribution < 1.29 is 14.3 Å². The van der Waals surface area contributed by atoms with Crippen LogP contribution in [-0.2, 0) is 14.3 Å². The molecule has 1 unspecified atom stereocenters. The van der Waals surface area contributed by atoms with Crippen molar-refractivity contribution in [1.82, 2.24) is 0 Å². The van der Waals surface area contributed by atoms with Crippen molar-refractivity contribution in [3.8, 4) is 0 Å². The summed E-state index contributed by atoms with van der Waals surface area (Å²) in [6.07, 6.45) is 1.49. The van der Waals surface area contributed by atoms with Gasteiger partial charge in [-0.15, -0.1) is 0 Å². The Morgan fingerprint density at radius 3 is 2.50 bits per heavy atom. The van der Waals surface area contributed by atoms with Gasteiger partial charge in [0.2, 0.25) is 0 Å². The van der Waals surface area contributed by atoms with Gasteiger partial charge in [-0.1, -0.05) is 27.7 Å². The monoisotopic (exact) mass is 229 g/mol. The van der Waals surface area contributed by atoms with Gasteiger partial charge in [-0.3, -0.25) is 4.79 Å². The first-order chi connectivity index (χ1) is 7.35. The van der Waals surface area contributed by atoms with E-state index in [4.69, 9.17) is 9.47 Å². The highest BCUT2D eigenvalue weighted by molar-refractivity contribution is 5.70. The quantitative estimate of drug-likeness (QED) is 0.497. The van der Waals surface area contributed by atoms with Crippen LogP contribution in [0.3, 0.4) is 0 Å². The molecule has 0 fully saturated rings. The lowest BCUT2D eigenvalue weighted by atomic mass is 9.84. The maximum atomic E-state index is 11.4. The van der Waals surface area contributed by atoms with Gasteiger partial charge in [0.15, 0.2) is 6.61 Å². The van der Waals surface area contributed by atoms with E-state index in [1.807, 2.05) is 6.92 Å². The first-order valence-electron chi connectivity index (χ1n) is 5.94. The van der Waals surface area contributed by atoms with Gasteiger partial charge in [0.05, 0.1) is 6.61 Å². The number of rotatable bonds is 7. The Labute approximate surface area is 99.5 Å². The van der Waals surface area contributed by atoms with Crippen molar-refractivity contribution in [2.75, 3.05) is 13.2 Å². The Bertz CT molecular complexity index is 194. The molecule has 0 aromatic heterocycles. The maximum Gasteiger partial charge on any atom is 0.306 e. The predicted molar refractivity (Wildman–Crippen MR) is 64.7 cm³/mol. The van der Waals surface area contributed by atoms with Crippen molar-refractivity contribution in [1.29, 1.82) is 0 Å². The number of esters is 1. The van der Waals surface area contributed by atoms with Crippen molar-refractivity contribution in [2.45, 2.75) is 47.5 Å². The van der Waals surface area contributed by atoms with Gasteiger partial charge in [-0.25, -0.2) is 0 Å². The van der Waals surface area contributed by atoms with Crippen molar-refractivity contribution >= 4 is 5.97 Å². The molecule has 3 heteroatoms. The fourth-order valence-corrected chi connectivity index (χ4v) is 1.74. The average molecular weight is 229 g/mol. The van der Waals surface area contributed by atoms with Crippen molar-refractivity contribution in [3.05, 3.63) is 6.61 Å². The Balaban J connectivity index is 3.62. The lowest BCUT2D eigenvalue weighted by Gasteiger charge is -2.22. The summed E-state index contributed by atoms with van der Waals surface area (Å²) in [7, 11) is 0. The molecule has 0 rings (SSSR count). The first kappa shape index (κ1) is 15.4. The number of carbonyl (C=O) groups excluding carboxylic acids is 1. The zero-order chi connectivity index (χ0) is 12.6. The first-order valence-corrected chi connectivity index (χ1v) is 5.94. The minimum atomic E-state index is -0.170. The molecular weight excluding hydrogens is 204 g/mol. The molecule has 0 spiro atoms. The molecule has 0 amide bonds. The maximum absolute atomic E-state index is 11.4.